The Morgan fingerprint density at radius 1 is 0.903 bits per heavy atom. The van der Waals surface area contributed by atoms with Crippen LogP contribution in [0, 0.1) is 5.92 Å². The van der Waals surface area contributed by atoms with Crippen LogP contribution in [0.25, 0.3) is 11.6 Å². The molecule has 0 fully saturated rings. The molecule has 0 heterocycles. The molecule has 3 rings (SSSR count). The molecule has 1 aliphatic rings. The molecule has 0 amide bonds. The van der Waals surface area contributed by atoms with Crippen LogP contribution in [0.1, 0.15) is 76.0 Å². The quantitative estimate of drug-likeness (QED) is 0.281. The molecule has 0 aliphatic heterocycles. The Hall–Kier alpha value is -2.55. The van der Waals surface area contributed by atoms with Crippen molar-refractivity contribution in [3.8, 4) is 5.75 Å². The standard InChI is InChI=1S/C23H26O3.C5H12/c24-18-25-15-6-1-2-7-16-26-23-12-8-11-21-17-20(13-14-22(21)23)19-9-4-3-5-10-19;1-4-5(2)3/h3-5,8-12,17-18H,1-2,6-7,13-16H2;5H,4H2,1-3H3. The predicted molar refractivity (Wildman–Crippen MR) is 130 cm³/mol. The predicted octanol–water partition coefficient (Wildman–Crippen LogP) is 7.34. The summed E-state index contributed by atoms with van der Waals surface area (Å²) in [6.45, 7) is 8.41. The van der Waals surface area contributed by atoms with Crippen molar-refractivity contribution in [2.45, 2.75) is 65.7 Å². The topological polar surface area (TPSA) is 35.5 Å². The Bertz CT molecular complexity index is 793. The summed E-state index contributed by atoms with van der Waals surface area (Å²) in [6.07, 6.45) is 9.78. The van der Waals surface area contributed by atoms with Gasteiger partial charge in [-0.25, -0.2) is 0 Å². The highest BCUT2D eigenvalue weighted by atomic mass is 16.5. The first-order chi connectivity index (χ1) is 15.2. The van der Waals surface area contributed by atoms with Gasteiger partial charge in [0.2, 0.25) is 0 Å². The number of hydrogen-bond donors (Lipinski definition) is 0. The lowest BCUT2D eigenvalue weighted by molar-refractivity contribution is -0.128. The largest absolute Gasteiger partial charge is 0.493 e. The maximum absolute atomic E-state index is 10.1. The van der Waals surface area contributed by atoms with Gasteiger partial charge in [0.05, 0.1) is 13.2 Å². The Labute approximate surface area is 188 Å². The summed E-state index contributed by atoms with van der Waals surface area (Å²) in [5, 5.41) is 0. The van der Waals surface area contributed by atoms with Gasteiger partial charge >= 0.3 is 0 Å². The Balaban J connectivity index is 0.000000614. The summed E-state index contributed by atoms with van der Waals surface area (Å²) in [6, 6.07) is 16.9. The third-order valence-corrected chi connectivity index (χ3v) is 5.59. The Kier molecular flexibility index (Phi) is 11.5. The monoisotopic (exact) mass is 422 g/mol. The minimum absolute atomic E-state index is 0.513. The number of ether oxygens (including phenoxy) is 2. The molecule has 2 aromatic rings. The number of allylic oxidation sites excluding steroid dienone is 1. The van der Waals surface area contributed by atoms with E-state index in [0.717, 1.165) is 56.8 Å². The van der Waals surface area contributed by atoms with Crippen LogP contribution < -0.4 is 4.74 Å². The van der Waals surface area contributed by atoms with Crippen LogP contribution in [0.4, 0.5) is 0 Å². The van der Waals surface area contributed by atoms with E-state index in [1.165, 1.54) is 28.7 Å². The van der Waals surface area contributed by atoms with Crippen LogP contribution in [0.5, 0.6) is 5.75 Å². The highest BCUT2D eigenvalue weighted by molar-refractivity contribution is 5.85. The van der Waals surface area contributed by atoms with Crippen molar-refractivity contribution >= 4 is 18.1 Å². The van der Waals surface area contributed by atoms with Gasteiger partial charge in [0, 0.05) is 5.56 Å². The van der Waals surface area contributed by atoms with Crippen molar-refractivity contribution in [2.24, 2.45) is 5.92 Å². The lowest BCUT2D eigenvalue weighted by Gasteiger charge is -2.20. The summed E-state index contributed by atoms with van der Waals surface area (Å²) in [5.41, 5.74) is 5.31. The molecule has 0 saturated heterocycles. The van der Waals surface area contributed by atoms with Gasteiger partial charge in [-0.1, -0.05) is 75.7 Å². The number of fused-ring (bicyclic) bond motifs is 1. The molecule has 168 valence electrons. The fraction of sp³-hybridized carbons (Fsp3) is 0.464. The van der Waals surface area contributed by atoms with Crippen molar-refractivity contribution in [1.82, 2.24) is 0 Å². The fourth-order valence-corrected chi connectivity index (χ4v) is 3.39. The van der Waals surface area contributed by atoms with Gasteiger partial charge in [0.15, 0.2) is 0 Å². The zero-order valence-corrected chi connectivity index (χ0v) is 19.4. The number of unbranched alkanes of at least 4 members (excludes halogenated alkanes) is 3. The number of benzene rings is 2. The van der Waals surface area contributed by atoms with Crippen LogP contribution in [-0.2, 0) is 16.0 Å². The van der Waals surface area contributed by atoms with Gasteiger partial charge < -0.3 is 9.47 Å². The number of rotatable bonds is 11. The van der Waals surface area contributed by atoms with Gasteiger partial charge in [0.1, 0.15) is 5.75 Å². The molecule has 0 radical (unpaired) electrons. The lowest BCUT2D eigenvalue weighted by Crippen LogP contribution is -2.05. The average molecular weight is 423 g/mol. The van der Waals surface area contributed by atoms with Crippen LogP contribution in [-0.4, -0.2) is 19.7 Å². The van der Waals surface area contributed by atoms with E-state index < -0.39 is 0 Å². The Morgan fingerprint density at radius 2 is 1.61 bits per heavy atom. The van der Waals surface area contributed by atoms with Crippen molar-refractivity contribution in [2.75, 3.05) is 13.2 Å². The molecule has 0 N–H and O–H groups in total. The normalized spacial score (nSPS) is 12.3. The van der Waals surface area contributed by atoms with Crippen LogP contribution in [0.3, 0.4) is 0 Å². The first-order valence-electron chi connectivity index (χ1n) is 11.7. The van der Waals surface area contributed by atoms with E-state index in [1.54, 1.807) is 0 Å². The highest BCUT2D eigenvalue weighted by Gasteiger charge is 2.15. The molecule has 0 unspecified atom stereocenters. The molecule has 1 aliphatic carbocycles. The molecule has 0 bridgehead atoms. The zero-order chi connectivity index (χ0) is 22.3. The molecule has 0 aromatic heterocycles. The van der Waals surface area contributed by atoms with E-state index in [0.29, 0.717) is 13.1 Å². The van der Waals surface area contributed by atoms with E-state index >= 15 is 0 Å². The summed E-state index contributed by atoms with van der Waals surface area (Å²) in [7, 11) is 0. The van der Waals surface area contributed by atoms with Gasteiger partial charge in [-0.3, -0.25) is 4.79 Å². The molecule has 0 atom stereocenters. The third kappa shape index (κ3) is 9.00. The number of carbonyl (C=O) groups excluding carboxylic acids is 1. The minimum Gasteiger partial charge on any atom is -0.493 e. The van der Waals surface area contributed by atoms with Gasteiger partial charge in [-0.2, -0.15) is 0 Å². The fourth-order valence-electron chi connectivity index (χ4n) is 3.39. The highest BCUT2D eigenvalue weighted by Crippen LogP contribution is 2.35. The van der Waals surface area contributed by atoms with Gasteiger partial charge in [-0.15, -0.1) is 0 Å². The molecule has 31 heavy (non-hydrogen) atoms. The van der Waals surface area contributed by atoms with E-state index in [2.05, 4.69) is 75.4 Å². The second-order valence-corrected chi connectivity index (χ2v) is 8.39. The summed E-state index contributed by atoms with van der Waals surface area (Å²) in [5.74, 6) is 1.91. The van der Waals surface area contributed by atoms with Crippen molar-refractivity contribution in [3.63, 3.8) is 0 Å². The molecule has 3 nitrogen and oxygen atoms in total. The summed E-state index contributed by atoms with van der Waals surface area (Å²) < 4.78 is 10.8. The van der Waals surface area contributed by atoms with E-state index in [1.807, 2.05) is 0 Å². The van der Waals surface area contributed by atoms with Crippen LogP contribution in [0.2, 0.25) is 0 Å². The second-order valence-electron chi connectivity index (χ2n) is 8.39. The smallest absolute Gasteiger partial charge is 0.293 e. The average Bonchev–Trinajstić information content (AvgIpc) is 2.81. The van der Waals surface area contributed by atoms with E-state index in [-0.39, 0.29) is 0 Å². The summed E-state index contributed by atoms with van der Waals surface area (Å²) in [4.78, 5) is 10.1. The summed E-state index contributed by atoms with van der Waals surface area (Å²) >= 11 is 0. The van der Waals surface area contributed by atoms with Crippen molar-refractivity contribution < 1.29 is 14.3 Å². The first kappa shape index (κ1) is 24.7. The van der Waals surface area contributed by atoms with Crippen molar-refractivity contribution in [3.05, 3.63) is 65.2 Å². The van der Waals surface area contributed by atoms with E-state index in [4.69, 9.17) is 9.47 Å². The lowest BCUT2D eigenvalue weighted by atomic mass is 9.88. The molecule has 0 spiro atoms. The molecular formula is C28H38O3. The molecule has 0 saturated carbocycles. The van der Waals surface area contributed by atoms with Crippen molar-refractivity contribution in [1.29, 1.82) is 0 Å². The third-order valence-electron chi connectivity index (χ3n) is 5.59. The van der Waals surface area contributed by atoms with Gasteiger partial charge in [-0.05, 0) is 67.2 Å². The second kappa shape index (κ2) is 14.5. The first-order valence-corrected chi connectivity index (χ1v) is 11.7. The SMILES string of the molecule is CCC(C)C.O=COCCCCCCOc1cccc2c1CCC(c1ccccc1)=C2. The maximum Gasteiger partial charge on any atom is 0.293 e. The molecular weight excluding hydrogens is 384 g/mol. The van der Waals surface area contributed by atoms with E-state index in [9.17, 15) is 4.79 Å². The zero-order valence-electron chi connectivity index (χ0n) is 19.4. The maximum atomic E-state index is 10.1. The van der Waals surface area contributed by atoms with Crippen LogP contribution in [0.15, 0.2) is 48.5 Å². The number of hydrogen-bond acceptors (Lipinski definition) is 3. The number of carbonyl (C=O) groups is 1. The van der Waals surface area contributed by atoms with Gasteiger partial charge in [0.25, 0.3) is 6.47 Å². The minimum atomic E-state index is 0.513. The van der Waals surface area contributed by atoms with Crippen LogP contribution >= 0.6 is 0 Å². The Morgan fingerprint density at radius 3 is 2.29 bits per heavy atom. The molecule has 3 heteroatoms. The molecule has 2 aromatic carbocycles.